The summed E-state index contributed by atoms with van der Waals surface area (Å²) in [5.74, 6) is 2.11. The summed E-state index contributed by atoms with van der Waals surface area (Å²) >= 11 is 0. The molecule has 4 heteroatoms. The quantitative estimate of drug-likeness (QED) is 0.718. The summed E-state index contributed by atoms with van der Waals surface area (Å²) in [5.41, 5.74) is 0.441. The van der Waals surface area contributed by atoms with E-state index in [1.165, 1.54) is 6.42 Å². The van der Waals surface area contributed by atoms with Gasteiger partial charge in [0.05, 0.1) is 0 Å². The van der Waals surface area contributed by atoms with E-state index in [0.29, 0.717) is 17.6 Å². The highest BCUT2D eigenvalue weighted by Gasteiger charge is 2.24. The molecule has 2 atom stereocenters. The van der Waals surface area contributed by atoms with E-state index < -0.39 is 0 Å². The molecule has 2 heterocycles. The number of nitriles is 1. The van der Waals surface area contributed by atoms with Crippen molar-refractivity contribution in [2.75, 3.05) is 18.0 Å². The fourth-order valence-corrected chi connectivity index (χ4v) is 2.01. The van der Waals surface area contributed by atoms with Crippen LogP contribution in [0.1, 0.15) is 26.0 Å². The van der Waals surface area contributed by atoms with Crippen LogP contribution in [0.15, 0.2) is 12.3 Å². The summed E-state index contributed by atoms with van der Waals surface area (Å²) in [7, 11) is 0. The lowest BCUT2D eigenvalue weighted by Gasteiger charge is -2.35. The molecule has 0 saturated carbocycles. The highest BCUT2D eigenvalue weighted by Crippen LogP contribution is 2.24. The molecule has 4 nitrogen and oxygen atoms in total. The molecule has 1 fully saturated rings. The number of nitrogens with zero attached hydrogens (tertiary/aromatic N) is 4. The number of hydrogen-bond acceptors (Lipinski definition) is 4. The van der Waals surface area contributed by atoms with Crippen molar-refractivity contribution in [3.05, 3.63) is 18.0 Å². The van der Waals surface area contributed by atoms with E-state index >= 15 is 0 Å². The van der Waals surface area contributed by atoms with Gasteiger partial charge in [0.15, 0.2) is 0 Å². The maximum atomic E-state index is 8.80. The van der Waals surface area contributed by atoms with Crippen molar-refractivity contribution in [2.24, 2.45) is 11.8 Å². The maximum absolute atomic E-state index is 8.80. The number of rotatable bonds is 1. The van der Waals surface area contributed by atoms with Gasteiger partial charge in [0, 0.05) is 19.3 Å². The van der Waals surface area contributed by atoms with Gasteiger partial charge in [-0.1, -0.05) is 13.8 Å². The van der Waals surface area contributed by atoms with Crippen LogP contribution in [0.5, 0.6) is 0 Å². The van der Waals surface area contributed by atoms with Crippen LogP contribution in [0.25, 0.3) is 0 Å². The van der Waals surface area contributed by atoms with E-state index in [4.69, 9.17) is 5.26 Å². The molecule has 1 aromatic heterocycles. The van der Waals surface area contributed by atoms with Crippen LogP contribution in [0.3, 0.4) is 0 Å². The Bertz CT molecular complexity index is 410. The lowest BCUT2D eigenvalue weighted by Crippen LogP contribution is -2.39. The number of anilines is 1. The third-order valence-electron chi connectivity index (χ3n) is 3.37. The molecule has 0 radical (unpaired) electrons. The molecule has 0 amide bonds. The number of aromatic nitrogens is 2. The average molecular weight is 216 g/mol. The minimum absolute atomic E-state index is 0.441. The average Bonchev–Trinajstić information content (AvgIpc) is 2.33. The molecule has 0 spiro atoms. The molecule has 1 aromatic rings. The Hall–Kier alpha value is -1.63. The normalized spacial score (nSPS) is 25.2. The van der Waals surface area contributed by atoms with Crippen LogP contribution in [0, 0.1) is 23.2 Å². The van der Waals surface area contributed by atoms with Gasteiger partial charge in [-0.05, 0) is 24.3 Å². The van der Waals surface area contributed by atoms with E-state index in [9.17, 15) is 0 Å². The van der Waals surface area contributed by atoms with Gasteiger partial charge in [0.2, 0.25) is 5.95 Å². The van der Waals surface area contributed by atoms with Gasteiger partial charge in [0.25, 0.3) is 0 Å². The predicted molar refractivity (Wildman–Crippen MR) is 61.9 cm³/mol. The van der Waals surface area contributed by atoms with Gasteiger partial charge >= 0.3 is 0 Å². The van der Waals surface area contributed by atoms with Crippen LogP contribution in [0.4, 0.5) is 5.95 Å². The van der Waals surface area contributed by atoms with Crippen molar-refractivity contribution in [2.45, 2.75) is 20.3 Å². The molecule has 0 aliphatic carbocycles. The molecular formula is C12H16N4. The molecule has 1 saturated heterocycles. The lowest BCUT2D eigenvalue weighted by atomic mass is 9.89. The second-order valence-electron chi connectivity index (χ2n) is 4.54. The summed E-state index contributed by atoms with van der Waals surface area (Å²) in [6.07, 6.45) is 2.82. The Balaban J connectivity index is 2.16. The first-order valence-corrected chi connectivity index (χ1v) is 5.69. The molecular weight excluding hydrogens is 200 g/mol. The highest BCUT2D eigenvalue weighted by molar-refractivity contribution is 5.34. The van der Waals surface area contributed by atoms with E-state index in [-0.39, 0.29) is 0 Å². The smallest absolute Gasteiger partial charge is 0.226 e. The van der Waals surface area contributed by atoms with Crippen molar-refractivity contribution in [3.8, 4) is 6.07 Å². The van der Waals surface area contributed by atoms with Crippen LogP contribution in [0.2, 0.25) is 0 Å². The summed E-state index contributed by atoms with van der Waals surface area (Å²) in [6.45, 7) is 6.51. The van der Waals surface area contributed by atoms with Gasteiger partial charge in [0.1, 0.15) is 11.8 Å². The molecule has 16 heavy (non-hydrogen) atoms. The first-order chi connectivity index (χ1) is 7.70. The van der Waals surface area contributed by atoms with E-state index in [1.807, 2.05) is 6.07 Å². The molecule has 1 aliphatic rings. The Morgan fingerprint density at radius 2 is 2.25 bits per heavy atom. The number of piperidine rings is 1. The fraction of sp³-hybridized carbons (Fsp3) is 0.583. The molecule has 84 valence electrons. The highest BCUT2D eigenvalue weighted by atomic mass is 15.3. The van der Waals surface area contributed by atoms with Crippen LogP contribution in [-0.2, 0) is 0 Å². The zero-order valence-electron chi connectivity index (χ0n) is 9.72. The zero-order valence-corrected chi connectivity index (χ0v) is 9.72. The van der Waals surface area contributed by atoms with Crippen molar-refractivity contribution in [1.82, 2.24) is 9.97 Å². The summed E-state index contributed by atoms with van der Waals surface area (Å²) in [6, 6.07) is 3.69. The SMILES string of the molecule is CC1CCN(c2nccc(C#N)n2)CC1C. The standard InChI is InChI=1S/C12H16N4/c1-9-4-6-16(8-10(9)2)12-14-5-3-11(7-13)15-12/h3,5,9-10H,4,6,8H2,1-2H3. The van der Waals surface area contributed by atoms with E-state index in [2.05, 4.69) is 28.7 Å². The second kappa shape index (κ2) is 4.48. The van der Waals surface area contributed by atoms with Gasteiger partial charge < -0.3 is 4.90 Å². The van der Waals surface area contributed by atoms with Crippen molar-refractivity contribution >= 4 is 5.95 Å². The minimum atomic E-state index is 0.441. The minimum Gasteiger partial charge on any atom is -0.341 e. The van der Waals surface area contributed by atoms with Crippen LogP contribution in [-0.4, -0.2) is 23.1 Å². The third-order valence-corrected chi connectivity index (χ3v) is 3.37. The largest absolute Gasteiger partial charge is 0.341 e. The van der Waals surface area contributed by atoms with Gasteiger partial charge in [-0.25, -0.2) is 9.97 Å². The fourth-order valence-electron chi connectivity index (χ4n) is 2.01. The third kappa shape index (κ3) is 2.13. The molecule has 0 aromatic carbocycles. The maximum Gasteiger partial charge on any atom is 0.226 e. The lowest BCUT2D eigenvalue weighted by molar-refractivity contribution is 0.321. The molecule has 0 bridgehead atoms. The Morgan fingerprint density at radius 1 is 1.44 bits per heavy atom. The molecule has 1 aliphatic heterocycles. The Morgan fingerprint density at radius 3 is 2.94 bits per heavy atom. The summed E-state index contributed by atoms with van der Waals surface area (Å²) < 4.78 is 0. The van der Waals surface area contributed by atoms with Crippen molar-refractivity contribution in [1.29, 1.82) is 5.26 Å². The van der Waals surface area contributed by atoms with E-state index in [0.717, 1.165) is 19.0 Å². The van der Waals surface area contributed by atoms with E-state index in [1.54, 1.807) is 12.3 Å². The number of hydrogen-bond donors (Lipinski definition) is 0. The van der Waals surface area contributed by atoms with Gasteiger partial charge in [-0.2, -0.15) is 5.26 Å². The predicted octanol–water partition coefficient (Wildman–Crippen LogP) is 1.83. The molecule has 2 rings (SSSR count). The van der Waals surface area contributed by atoms with Crippen LogP contribution < -0.4 is 4.90 Å². The molecule has 0 N–H and O–H groups in total. The molecule has 2 unspecified atom stereocenters. The van der Waals surface area contributed by atoms with Gasteiger partial charge in [-0.3, -0.25) is 0 Å². The zero-order chi connectivity index (χ0) is 11.5. The Labute approximate surface area is 95.9 Å². The second-order valence-corrected chi connectivity index (χ2v) is 4.54. The van der Waals surface area contributed by atoms with Crippen molar-refractivity contribution < 1.29 is 0 Å². The van der Waals surface area contributed by atoms with Crippen LogP contribution >= 0.6 is 0 Å². The topological polar surface area (TPSA) is 52.8 Å². The monoisotopic (exact) mass is 216 g/mol. The first-order valence-electron chi connectivity index (χ1n) is 5.69. The van der Waals surface area contributed by atoms with Gasteiger partial charge in [-0.15, -0.1) is 0 Å². The summed E-state index contributed by atoms with van der Waals surface area (Å²) in [4.78, 5) is 10.6. The Kier molecular flexibility index (Phi) is 3.04. The first kappa shape index (κ1) is 10.9. The van der Waals surface area contributed by atoms with Crippen molar-refractivity contribution in [3.63, 3.8) is 0 Å². The summed E-state index contributed by atoms with van der Waals surface area (Å²) in [5, 5.41) is 8.80.